The third-order valence-corrected chi connectivity index (χ3v) is 6.45. The van der Waals surface area contributed by atoms with Crippen LogP contribution in [0.25, 0.3) is 5.57 Å². The first-order valence-electron chi connectivity index (χ1n) is 11.5. The molecule has 2 aromatic heterocycles. The Morgan fingerprint density at radius 3 is 2.24 bits per heavy atom. The van der Waals surface area contributed by atoms with Gasteiger partial charge in [0.15, 0.2) is 0 Å². The number of carbonyl (C=O) groups excluding carboxylic acids is 2. The molecule has 2 aliphatic heterocycles. The van der Waals surface area contributed by atoms with Crippen LogP contribution in [0.15, 0.2) is 72.8 Å². The van der Waals surface area contributed by atoms with E-state index in [2.05, 4.69) is 25.8 Å². The molecule has 1 aromatic carbocycles. The molecule has 5 rings (SSSR count). The molecule has 1 fully saturated rings. The second-order valence-electron chi connectivity index (χ2n) is 8.76. The van der Waals surface area contributed by atoms with E-state index in [0.29, 0.717) is 24.4 Å². The van der Waals surface area contributed by atoms with Crippen LogP contribution in [0, 0.1) is 13.8 Å². The molecule has 0 bridgehead atoms. The summed E-state index contributed by atoms with van der Waals surface area (Å²) in [7, 11) is 0. The lowest BCUT2D eigenvalue weighted by molar-refractivity contribution is -0.138. The molecule has 34 heavy (non-hydrogen) atoms. The Morgan fingerprint density at radius 2 is 1.56 bits per heavy atom. The predicted octanol–water partition coefficient (Wildman–Crippen LogP) is 3.20. The lowest BCUT2D eigenvalue weighted by Crippen LogP contribution is -2.47. The van der Waals surface area contributed by atoms with Crippen LogP contribution in [0.4, 0.5) is 5.82 Å². The zero-order chi connectivity index (χ0) is 23.7. The van der Waals surface area contributed by atoms with Gasteiger partial charge in [0.2, 0.25) is 0 Å². The summed E-state index contributed by atoms with van der Waals surface area (Å²) in [4.78, 5) is 41.5. The average Bonchev–Trinajstić information content (AvgIpc) is 3.10. The quantitative estimate of drug-likeness (QED) is 0.553. The highest BCUT2D eigenvalue weighted by atomic mass is 16.2. The van der Waals surface area contributed by atoms with Crippen molar-refractivity contribution in [3.8, 4) is 0 Å². The highest BCUT2D eigenvalue weighted by molar-refractivity contribution is 6.35. The number of aryl methyl sites for hydroxylation is 2. The molecule has 7 heteroatoms. The zero-order valence-electron chi connectivity index (χ0n) is 19.4. The van der Waals surface area contributed by atoms with E-state index in [0.717, 1.165) is 41.2 Å². The van der Waals surface area contributed by atoms with Gasteiger partial charge in [0, 0.05) is 44.8 Å². The van der Waals surface area contributed by atoms with Gasteiger partial charge in [0.1, 0.15) is 11.5 Å². The second-order valence-corrected chi connectivity index (χ2v) is 8.76. The molecule has 0 unspecified atom stereocenters. The minimum atomic E-state index is -0.240. The maximum absolute atomic E-state index is 13.7. The van der Waals surface area contributed by atoms with Crippen molar-refractivity contribution in [2.24, 2.45) is 0 Å². The first kappa shape index (κ1) is 21.8. The number of piperazine rings is 1. The smallest absolute Gasteiger partial charge is 0.278 e. The number of carbonyl (C=O) groups is 2. The molecule has 0 aliphatic carbocycles. The Bertz CT molecular complexity index is 1250. The average molecular weight is 454 g/mol. The summed E-state index contributed by atoms with van der Waals surface area (Å²) in [5.74, 6) is 0.456. The van der Waals surface area contributed by atoms with Gasteiger partial charge in [-0.05, 0) is 54.8 Å². The zero-order valence-corrected chi connectivity index (χ0v) is 19.4. The number of anilines is 1. The van der Waals surface area contributed by atoms with E-state index in [1.165, 1.54) is 4.90 Å². The lowest BCUT2D eigenvalue weighted by Gasteiger charge is -2.37. The summed E-state index contributed by atoms with van der Waals surface area (Å²) in [5, 5.41) is 0. The van der Waals surface area contributed by atoms with Gasteiger partial charge in [0.05, 0.1) is 12.1 Å². The topological polar surface area (TPSA) is 69.6 Å². The van der Waals surface area contributed by atoms with Gasteiger partial charge >= 0.3 is 0 Å². The van der Waals surface area contributed by atoms with Gasteiger partial charge in [0.25, 0.3) is 11.8 Å². The van der Waals surface area contributed by atoms with Crippen molar-refractivity contribution in [3.63, 3.8) is 0 Å². The molecular formula is C27H27N5O2. The lowest BCUT2D eigenvalue weighted by atomic mass is 9.97. The standard InChI is InChI=1S/C27H27N5O2/c1-19-6-7-22(20(2)17-19)24-25(27(34)32(26(24)33)18-21-8-11-28-12-9-21)31-15-13-30(14-16-31)23-5-3-4-10-29-23/h3-12,17H,13-16,18H2,1-2H3. The van der Waals surface area contributed by atoms with Crippen molar-refractivity contribution in [3.05, 3.63) is 95.1 Å². The molecule has 1 saturated heterocycles. The Hall–Kier alpha value is -4.00. The number of rotatable bonds is 5. The number of nitrogens with zero attached hydrogens (tertiary/aromatic N) is 5. The van der Waals surface area contributed by atoms with Crippen molar-refractivity contribution >= 4 is 23.2 Å². The monoisotopic (exact) mass is 453 g/mol. The molecule has 3 aromatic rings. The number of aromatic nitrogens is 2. The minimum absolute atomic E-state index is 0.228. The summed E-state index contributed by atoms with van der Waals surface area (Å²) in [6.07, 6.45) is 5.14. The van der Waals surface area contributed by atoms with Crippen LogP contribution in [0.5, 0.6) is 0 Å². The van der Waals surface area contributed by atoms with Crippen molar-refractivity contribution < 1.29 is 9.59 Å². The number of hydrogen-bond acceptors (Lipinski definition) is 6. The molecule has 172 valence electrons. The van der Waals surface area contributed by atoms with Crippen LogP contribution in [-0.2, 0) is 16.1 Å². The van der Waals surface area contributed by atoms with E-state index in [1.807, 2.05) is 56.3 Å². The highest BCUT2D eigenvalue weighted by Crippen LogP contribution is 2.35. The first-order chi connectivity index (χ1) is 16.5. The molecule has 0 N–H and O–H groups in total. The summed E-state index contributed by atoms with van der Waals surface area (Å²) in [5.41, 5.74) is 4.82. The fourth-order valence-corrected chi connectivity index (χ4v) is 4.71. The Labute approximate surface area is 199 Å². The normalized spacial score (nSPS) is 16.6. The van der Waals surface area contributed by atoms with Crippen LogP contribution in [0.2, 0.25) is 0 Å². The fourth-order valence-electron chi connectivity index (χ4n) is 4.71. The second kappa shape index (κ2) is 9.09. The van der Waals surface area contributed by atoms with Crippen LogP contribution in [0.3, 0.4) is 0 Å². The molecule has 4 heterocycles. The molecule has 7 nitrogen and oxygen atoms in total. The van der Waals surface area contributed by atoms with E-state index < -0.39 is 0 Å². The van der Waals surface area contributed by atoms with Crippen molar-refractivity contribution in [2.45, 2.75) is 20.4 Å². The van der Waals surface area contributed by atoms with E-state index in [4.69, 9.17) is 0 Å². The van der Waals surface area contributed by atoms with Crippen molar-refractivity contribution in [1.29, 1.82) is 0 Å². The minimum Gasteiger partial charge on any atom is -0.363 e. The Balaban J connectivity index is 1.48. The Kier molecular flexibility index (Phi) is 5.84. The van der Waals surface area contributed by atoms with Gasteiger partial charge in [-0.2, -0.15) is 0 Å². The number of pyridine rings is 2. The predicted molar refractivity (Wildman–Crippen MR) is 131 cm³/mol. The van der Waals surface area contributed by atoms with E-state index in [-0.39, 0.29) is 18.4 Å². The van der Waals surface area contributed by atoms with Gasteiger partial charge in [-0.15, -0.1) is 0 Å². The first-order valence-corrected chi connectivity index (χ1v) is 11.5. The van der Waals surface area contributed by atoms with Crippen molar-refractivity contribution in [2.75, 3.05) is 31.1 Å². The van der Waals surface area contributed by atoms with E-state index in [9.17, 15) is 9.59 Å². The maximum Gasteiger partial charge on any atom is 0.278 e. The maximum atomic E-state index is 13.7. The third kappa shape index (κ3) is 4.05. The molecule has 0 spiro atoms. The molecule has 2 amide bonds. The SMILES string of the molecule is Cc1ccc(C2=C(N3CCN(c4ccccn4)CC3)C(=O)N(Cc3ccncc3)C2=O)c(C)c1. The van der Waals surface area contributed by atoms with Crippen LogP contribution in [-0.4, -0.2) is 57.8 Å². The van der Waals surface area contributed by atoms with Crippen LogP contribution < -0.4 is 4.90 Å². The van der Waals surface area contributed by atoms with Gasteiger partial charge in [-0.25, -0.2) is 4.98 Å². The number of amides is 2. The van der Waals surface area contributed by atoms with Gasteiger partial charge < -0.3 is 9.80 Å². The number of benzene rings is 1. The molecule has 2 aliphatic rings. The molecule has 0 radical (unpaired) electrons. The number of imide groups is 1. The Morgan fingerprint density at radius 1 is 0.824 bits per heavy atom. The molecule has 0 atom stereocenters. The summed E-state index contributed by atoms with van der Waals surface area (Å²) in [6.45, 7) is 6.99. The van der Waals surface area contributed by atoms with Gasteiger partial charge in [-0.3, -0.25) is 19.5 Å². The van der Waals surface area contributed by atoms with Crippen LogP contribution in [0.1, 0.15) is 22.3 Å². The van der Waals surface area contributed by atoms with E-state index in [1.54, 1.807) is 18.6 Å². The summed E-state index contributed by atoms with van der Waals surface area (Å²) < 4.78 is 0. The molecule has 0 saturated carbocycles. The summed E-state index contributed by atoms with van der Waals surface area (Å²) >= 11 is 0. The largest absolute Gasteiger partial charge is 0.363 e. The van der Waals surface area contributed by atoms with E-state index >= 15 is 0 Å². The highest BCUT2D eigenvalue weighted by Gasteiger charge is 2.42. The van der Waals surface area contributed by atoms with Gasteiger partial charge in [-0.1, -0.05) is 29.8 Å². The van der Waals surface area contributed by atoms with Crippen molar-refractivity contribution in [1.82, 2.24) is 19.8 Å². The number of hydrogen-bond donors (Lipinski definition) is 0. The third-order valence-electron chi connectivity index (χ3n) is 6.45. The molecular weight excluding hydrogens is 426 g/mol. The fraction of sp³-hybridized carbons (Fsp3) is 0.259. The summed E-state index contributed by atoms with van der Waals surface area (Å²) in [6, 6.07) is 15.6. The van der Waals surface area contributed by atoms with Crippen LogP contribution >= 0.6 is 0 Å².